The fourth-order valence-electron chi connectivity index (χ4n) is 5.10. The molecular formula is C23H25N3O2. The van der Waals surface area contributed by atoms with Crippen molar-refractivity contribution in [3.8, 4) is 0 Å². The lowest BCUT2D eigenvalue weighted by molar-refractivity contribution is -0.114. The van der Waals surface area contributed by atoms with Gasteiger partial charge in [-0.1, -0.05) is 30.3 Å². The molecule has 5 heteroatoms. The maximum Gasteiger partial charge on any atom is 0.250 e. The van der Waals surface area contributed by atoms with Crippen molar-refractivity contribution in [3.05, 3.63) is 76.2 Å². The van der Waals surface area contributed by atoms with E-state index >= 15 is 0 Å². The summed E-state index contributed by atoms with van der Waals surface area (Å²) in [5, 5.41) is 0. The van der Waals surface area contributed by atoms with Gasteiger partial charge in [-0.15, -0.1) is 0 Å². The lowest BCUT2D eigenvalue weighted by Gasteiger charge is -2.42. The van der Waals surface area contributed by atoms with E-state index in [1.54, 1.807) is 12.1 Å². The number of hydrogen-bond acceptors (Lipinski definition) is 3. The van der Waals surface area contributed by atoms with Gasteiger partial charge in [-0.2, -0.15) is 0 Å². The number of amides is 1. The normalized spacial score (nSPS) is 23.6. The third-order valence-electron chi connectivity index (χ3n) is 6.33. The molecule has 1 saturated heterocycles. The standard InChI is InChI=1S/C23H25N3O2/c27-22(25-12-10-18-5-1-2-6-20(18)25)9-4-11-24-14-17-13-19(16-24)21-7-3-8-23(28)26(21)15-17/h1-9,17,19H,10-16H2/b9-4+/t17-,19+/m1/s1. The van der Waals surface area contributed by atoms with E-state index in [1.807, 2.05) is 39.8 Å². The van der Waals surface area contributed by atoms with E-state index < -0.39 is 0 Å². The molecule has 3 aliphatic rings. The van der Waals surface area contributed by atoms with E-state index in [0.29, 0.717) is 11.8 Å². The molecule has 2 aromatic rings. The Kier molecular flexibility index (Phi) is 4.40. The molecule has 0 radical (unpaired) electrons. The number of rotatable bonds is 3. The summed E-state index contributed by atoms with van der Waals surface area (Å²) >= 11 is 0. The number of hydrogen-bond donors (Lipinski definition) is 0. The van der Waals surface area contributed by atoms with Crippen LogP contribution in [0.15, 0.2) is 59.4 Å². The van der Waals surface area contributed by atoms with Crippen LogP contribution < -0.4 is 10.5 Å². The summed E-state index contributed by atoms with van der Waals surface area (Å²) in [6.45, 7) is 4.30. The Labute approximate surface area is 164 Å². The van der Waals surface area contributed by atoms with Crippen LogP contribution >= 0.6 is 0 Å². The first-order valence-corrected chi connectivity index (χ1v) is 10.2. The van der Waals surface area contributed by atoms with Crippen molar-refractivity contribution < 1.29 is 4.79 Å². The van der Waals surface area contributed by atoms with E-state index in [1.165, 1.54) is 11.3 Å². The number of piperidine rings is 1. The van der Waals surface area contributed by atoms with Gasteiger partial charge < -0.3 is 9.47 Å². The average Bonchev–Trinajstić information content (AvgIpc) is 3.13. The molecule has 1 amide bonds. The minimum atomic E-state index is 0.0686. The van der Waals surface area contributed by atoms with E-state index in [9.17, 15) is 9.59 Å². The Morgan fingerprint density at radius 1 is 1.07 bits per heavy atom. The third-order valence-corrected chi connectivity index (χ3v) is 6.33. The number of nitrogens with zero attached hydrogens (tertiary/aromatic N) is 3. The second-order valence-corrected chi connectivity index (χ2v) is 8.19. The molecule has 0 saturated carbocycles. The first-order chi connectivity index (χ1) is 13.7. The first-order valence-electron chi connectivity index (χ1n) is 10.2. The van der Waals surface area contributed by atoms with Crippen molar-refractivity contribution in [2.75, 3.05) is 31.1 Å². The first kappa shape index (κ1) is 17.4. The Morgan fingerprint density at radius 3 is 2.89 bits per heavy atom. The fourth-order valence-corrected chi connectivity index (χ4v) is 5.10. The molecule has 4 heterocycles. The second-order valence-electron chi connectivity index (χ2n) is 8.19. The van der Waals surface area contributed by atoms with Gasteiger partial charge in [-0.05, 0) is 36.5 Å². The zero-order valence-corrected chi connectivity index (χ0v) is 16.0. The minimum absolute atomic E-state index is 0.0686. The van der Waals surface area contributed by atoms with Crippen LogP contribution in [-0.4, -0.2) is 41.6 Å². The van der Waals surface area contributed by atoms with Crippen molar-refractivity contribution in [1.29, 1.82) is 0 Å². The third kappa shape index (κ3) is 3.10. The summed E-state index contributed by atoms with van der Waals surface area (Å²) in [5.41, 5.74) is 3.59. The molecule has 2 bridgehead atoms. The maximum atomic E-state index is 12.6. The molecule has 5 nitrogen and oxygen atoms in total. The number of anilines is 1. The largest absolute Gasteiger partial charge is 0.312 e. The molecule has 0 unspecified atom stereocenters. The second kappa shape index (κ2) is 7.06. The van der Waals surface area contributed by atoms with Crippen molar-refractivity contribution in [2.45, 2.75) is 25.3 Å². The highest BCUT2D eigenvalue weighted by Gasteiger charge is 2.34. The van der Waals surface area contributed by atoms with Gasteiger partial charge in [0.25, 0.3) is 11.5 Å². The highest BCUT2D eigenvalue weighted by Crippen LogP contribution is 2.34. The quantitative estimate of drug-likeness (QED) is 0.774. The molecule has 0 N–H and O–H groups in total. The van der Waals surface area contributed by atoms with Crippen LogP contribution in [0.1, 0.15) is 23.6 Å². The summed E-state index contributed by atoms with van der Waals surface area (Å²) in [7, 11) is 0. The molecular weight excluding hydrogens is 350 g/mol. The predicted molar refractivity (Wildman–Crippen MR) is 110 cm³/mol. The summed E-state index contributed by atoms with van der Waals surface area (Å²) in [5.74, 6) is 0.996. The van der Waals surface area contributed by atoms with Crippen molar-refractivity contribution in [1.82, 2.24) is 9.47 Å². The molecule has 5 rings (SSSR count). The van der Waals surface area contributed by atoms with Crippen LogP contribution in [0, 0.1) is 5.92 Å². The van der Waals surface area contributed by atoms with Gasteiger partial charge in [0.05, 0.1) is 0 Å². The predicted octanol–water partition coefficient (Wildman–Crippen LogP) is 2.41. The molecule has 144 valence electrons. The Morgan fingerprint density at radius 2 is 1.96 bits per heavy atom. The topological polar surface area (TPSA) is 45.6 Å². The van der Waals surface area contributed by atoms with Crippen LogP contribution in [0.2, 0.25) is 0 Å². The molecule has 1 aromatic heterocycles. The van der Waals surface area contributed by atoms with Gasteiger partial charge in [0.1, 0.15) is 0 Å². The lowest BCUT2D eigenvalue weighted by atomic mass is 9.83. The SMILES string of the molecule is O=C(/C=C/CN1C[C@H]2C[C@@H](C1)c1cccc(=O)n1C2)N1CCc2ccccc21. The van der Waals surface area contributed by atoms with Gasteiger partial charge in [0.2, 0.25) is 0 Å². The van der Waals surface area contributed by atoms with Crippen LogP contribution in [0.4, 0.5) is 5.69 Å². The van der Waals surface area contributed by atoms with Gasteiger partial charge in [-0.3, -0.25) is 14.5 Å². The number of carbonyl (C=O) groups is 1. The highest BCUT2D eigenvalue weighted by molar-refractivity contribution is 6.02. The smallest absolute Gasteiger partial charge is 0.250 e. The van der Waals surface area contributed by atoms with Crippen LogP contribution in [-0.2, 0) is 17.8 Å². The minimum Gasteiger partial charge on any atom is -0.312 e. The summed E-state index contributed by atoms with van der Waals surface area (Å²) in [6, 6.07) is 13.8. The summed E-state index contributed by atoms with van der Waals surface area (Å²) in [4.78, 5) is 29.1. The van der Waals surface area contributed by atoms with Gasteiger partial charge in [0.15, 0.2) is 0 Å². The number of pyridine rings is 1. The molecule has 1 aromatic carbocycles. The fraction of sp³-hybridized carbons (Fsp3) is 0.391. The number of carbonyl (C=O) groups excluding carboxylic acids is 1. The number of aromatic nitrogens is 1. The Hall–Kier alpha value is -2.66. The van der Waals surface area contributed by atoms with Crippen molar-refractivity contribution in [2.24, 2.45) is 5.92 Å². The Balaban J connectivity index is 1.24. The zero-order valence-electron chi connectivity index (χ0n) is 16.0. The molecule has 2 atom stereocenters. The highest BCUT2D eigenvalue weighted by atomic mass is 16.2. The monoisotopic (exact) mass is 375 g/mol. The van der Waals surface area contributed by atoms with Gasteiger partial charge in [-0.25, -0.2) is 0 Å². The van der Waals surface area contributed by atoms with Gasteiger partial charge >= 0.3 is 0 Å². The lowest BCUT2D eigenvalue weighted by Crippen LogP contribution is -2.47. The van der Waals surface area contributed by atoms with Gasteiger partial charge in [0, 0.05) is 62.2 Å². The van der Waals surface area contributed by atoms with Crippen molar-refractivity contribution in [3.63, 3.8) is 0 Å². The van der Waals surface area contributed by atoms with Crippen LogP contribution in [0.25, 0.3) is 0 Å². The van der Waals surface area contributed by atoms with Crippen molar-refractivity contribution >= 4 is 11.6 Å². The van der Waals surface area contributed by atoms with E-state index in [2.05, 4.69) is 17.0 Å². The zero-order chi connectivity index (χ0) is 19.1. The van der Waals surface area contributed by atoms with Crippen LogP contribution in [0.5, 0.6) is 0 Å². The van der Waals surface area contributed by atoms with Crippen LogP contribution in [0.3, 0.4) is 0 Å². The Bertz CT molecular complexity index is 993. The number of para-hydroxylation sites is 1. The average molecular weight is 375 g/mol. The number of benzene rings is 1. The molecule has 0 spiro atoms. The summed E-state index contributed by atoms with van der Waals surface area (Å²) < 4.78 is 1.96. The molecule has 28 heavy (non-hydrogen) atoms. The van der Waals surface area contributed by atoms with E-state index in [0.717, 1.165) is 51.3 Å². The van der Waals surface area contributed by atoms with E-state index in [-0.39, 0.29) is 11.5 Å². The molecule has 0 aliphatic carbocycles. The van der Waals surface area contributed by atoms with E-state index in [4.69, 9.17) is 0 Å². The molecule has 3 aliphatic heterocycles. The molecule has 1 fully saturated rings. The number of likely N-dealkylation sites (tertiary alicyclic amines) is 1. The number of fused-ring (bicyclic) bond motifs is 5. The maximum absolute atomic E-state index is 12.6. The summed E-state index contributed by atoms with van der Waals surface area (Å²) in [6.07, 6.45) is 5.82.